The molecule has 0 amide bonds. The van der Waals surface area contributed by atoms with Crippen LogP contribution in [0.25, 0.3) is 0 Å². The van der Waals surface area contributed by atoms with Crippen LogP contribution >= 0.6 is 0 Å². The Hall–Kier alpha value is -1.52. The molecule has 1 aromatic heterocycles. The first-order chi connectivity index (χ1) is 5.27. The van der Waals surface area contributed by atoms with Crippen LogP contribution in [0.1, 0.15) is 12.7 Å². The molecule has 11 heavy (non-hydrogen) atoms. The summed E-state index contributed by atoms with van der Waals surface area (Å²) in [5, 5.41) is 14.8. The van der Waals surface area contributed by atoms with E-state index in [1.54, 1.807) is 6.92 Å². The molecule has 1 rings (SSSR count). The molecule has 60 valence electrons. The third kappa shape index (κ3) is 1.49. The fraction of sp³-hybridized carbons (Fsp3) is 0.333. The number of hydrogen-bond donors (Lipinski definition) is 1. The number of hydrogen-bond acceptors (Lipinski definition) is 5. The molecular formula is C6H8N2O3. The molecule has 0 fully saturated rings. The Morgan fingerprint density at radius 2 is 2.55 bits per heavy atom. The minimum atomic E-state index is 0.362. The van der Waals surface area contributed by atoms with E-state index in [1.807, 2.05) is 0 Å². The molecule has 0 radical (unpaired) electrons. The van der Waals surface area contributed by atoms with Gasteiger partial charge in [0, 0.05) is 0 Å². The van der Waals surface area contributed by atoms with Crippen LogP contribution in [-0.4, -0.2) is 23.2 Å². The van der Waals surface area contributed by atoms with Crippen LogP contribution in [0.5, 0.6) is 5.88 Å². The Labute approximate surface area is 63.2 Å². The smallest absolute Gasteiger partial charge is 0.254 e. The van der Waals surface area contributed by atoms with Crippen LogP contribution < -0.4 is 4.74 Å². The second-order valence-electron chi connectivity index (χ2n) is 1.92. The van der Waals surface area contributed by atoms with Gasteiger partial charge in [-0.1, -0.05) is 5.16 Å². The Morgan fingerprint density at radius 3 is 3.00 bits per heavy atom. The fourth-order valence-electron chi connectivity index (χ4n) is 0.575. The molecule has 0 aromatic carbocycles. The molecule has 0 bridgehead atoms. The average molecular weight is 156 g/mol. The number of methoxy groups -OCH3 is 1. The molecule has 1 N–H and O–H groups in total. The third-order valence-electron chi connectivity index (χ3n) is 1.20. The van der Waals surface area contributed by atoms with Crippen molar-refractivity contribution in [3.8, 4) is 5.88 Å². The molecule has 1 heterocycles. The summed E-state index contributed by atoms with van der Waals surface area (Å²) in [7, 11) is 1.48. The van der Waals surface area contributed by atoms with E-state index in [4.69, 9.17) is 14.5 Å². The zero-order valence-electron chi connectivity index (χ0n) is 6.24. The van der Waals surface area contributed by atoms with Gasteiger partial charge in [0.25, 0.3) is 5.88 Å². The standard InChI is InChI=1S/C6H8N2O3/c1-4(7-9)5-3-6(10-2)8-11-5/h3,9H,1-2H3/b7-4-. The summed E-state index contributed by atoms with van der Waals surface area (Å²) < 4.78 is 9.49. The largest absolute Gasteiger partial charge is 0.479 e. The number of nitrogens with zero attached hydrogens (tertiary/aromatic N) is 2. The second-order valence-corrected chi connectivity index (χ2v) is 1.92. The Morgan fingerprint density at radius 1 is 1.82 bits per heavy atom. The molecule has 5 nitrogen and oxygen atoms in total. The van der Waals surface area contributed by atoms with Gasteiger partial charge in [0.1, 0.15) is 5.71 Å². The lowest BCUT2D eigenvalue weighted by Crippen LogP contribution is -1.90. The summed E-state index contributed by atoms with van der Waals surface area (Å²) in [5.41, 5.74) is 0.362. The first-order valence-corrected chi connectivity index (χ1v) is 2.97. The van der Waals surface area contributed by atoms with Gasteiger partial charge in [0.2, 0.25) is 0 Å². The van der Waals surface area contributed by atoms with E-state index < -0.39 is 0 Å². The van der Waals surface area contributed by atoms with Crippen LogP contribution in [0.3, 0.4) is 0 Å². The summed E-state index contributed by atoms with van der Waals surface area (Å²) in [6.07, 6.45) is 0. The lowest BCUT2D eigenvalue weighted by atomic mass is 10.3. The molecule has 0 spiro atoms. The van der Waals surface area contributed by atoms with Crippen molar-refractivity contribution in [2.75, 3.05) is 7.11 Å². The topological polar surface area (TPSA) is 67.8 Å². The predicted octanol–water partition coefficient (Wildman–Crippen LogP) is 0.881. The maximum atomic E-state index is 8.33. The highest BCUT2D eigenvalue weighted by Crippen LogP contribution is 2.10. The zero-order valence-corrected chi connectivity index (χ0v) is 6.24. The van der Waals surface area contributed by atoms with E-state index in [0.29, 0.717) is 17.4 Å². The second kappa shape index (κ2) is 3.05. The Kier molecular flexibility index (Phi) is 2.10. The number of rotatable bonds is 2. The molecular weight excluding hydrogens is 148 g/mol. The van der Waals surface area contributed by atoms with E-state index in [9.17, 15) is 0 Å². The minimum absolute atomic E-state index is 0.362. The molecule has 0 saturated carbocycles. The van der Waals surface area contributed by atoms with Crippen molar-refractivity contribution in [3.05, 3.63) is 11.8 Å². The van der Waals surface area contributed by atoms with Crippen LogP contribution in [-0.2, 0) is 0 Å². The Bertz CT molecular complexity index is 267. The minimum Gasteiger partial charge on any atom is -0.479 e. The van der Waals surface area contributed by atoms with Crippen LogP contribution in [0.15, 0.2) is 15.7 Å². The van der Waals surface area contributed by atoms with E-state index in [2.05, 4.69) is 10.3 Å². The van der Waals surface area contributed by atoms with Crippen LogP contribution in [0, 0.1) is 0 Å². The van der Waals surface area contributed by atoms with Crippen molar-refractivity contribution in [1.82, 2.24) is 5.16 Å². The van der Waals surface area contributed by atoms with Gasteiger partial charge in [-0.05, 0) is 12.1 Å². The van der Waals surface area contributed by atoms with Gasteiger partial charge < -0.3 is 14.5 Å². The van der Waals surface area contributed by atoms with Gasteiger partial charge in [-0.2, -0.15) is 0 Å². The van der Waals surface area contributed by atoms with Gasteiger partial charge in [-0.15, -0.1) is 0 Å². The maximum absolute atomic E-state index is 8.33. The molecule has 0 aliphatic rings. The monoisotopic (exact) mass is 156 g/mol. The van der Waals surface area contributed by atoms with Gasteiger partial charge in [-0.25, -0.2) is 0 Å². The first kappa shape index (κ1) is 7.59. The molecule has 0 atom stereocenters. The van der Waals surface area contributed by atoms with Gasteiger partial charge in [0.05, 0.1) is 13.2 Å². The highest BCUT2D eigenvalue weighted by atomic mass is 16.5. The lowest BCUT2D eigenvalue weighted by Gasteiger charge is -1.85. The molecule has 0 unspecified atom stereocenters. The third-order valence-corrected chi connectivity index (χ3v) is 1.20. The van der Waals surface area contributed by atoms with E-state index in [-0.39, 0.29) is 0 Å². The molecule has 0 saturated heterocycles. The van der Waals surface area contributed by atoms with E-state index in [0.717, 1.165) is 0 Å². The molecule has 0 aliphatic heterocycles. The van der Waals surface area contributed by atoms with Crippen molar-refractivity contribution in [2.45, 2.75) is 6.92 Å². The summed E-state index contributed by atoms with van der Waals surface area (Å²) in [6.45, 7) is 1.60. The highest BCUT2D eigenvalue weighted by molar-refractivity contribution is 5.95. The number of aromatic nitrogens is 1. The maximum Gasteiger partial charge on any atom is 0.254 e. The summed E-state index contributed by atoms with van der Waals surface area (Å²) in [5.74, 6) is 0.757. The normalized spacial score (nSPS) is 11.6. The summed E-state index contributed by atoms with van der Waals surface area (Å²) in [4.78, 5) is 0. The van der Waals surface area contributed by atoms with Crippen molar-refractivity contribution < 1.29 is 14.5 Å². The predicted molar refractivity (Wildman–Crippen MR) is 37.1 cm³/mol. The Balaban J connectivity index is 2.89. The molecule has 5 heteroatoms. The zero-order chi connectivity index (χ0) is 8.27. The first-order valence-electron chi connectivity index (χ1n) is 2.97. The average Bonchev–Trinajstić information content (AvgIpc) is 2.50. The molecule has 0 aliphatic carbocycles. The number of oxime groups is 1. The van der Waals surface area contributed by atoms with Gasteiger partial charge in [0.15, 0.2) is 5.76 Å². The van der Waals surface area contributed by atoms with Crippen LogP contribution in [0.2, 0.25) is 0 Å². The summed E-state index contributed by atoms with van der Waals surface area (Å²) >= 11 is 0. The van der Waals surface area contributed by atoms with E-state index >= 15 is 0 Å². The van der Waals surface area contributed by atoms with Crippen LogP contribution in [0.4, 0.5) is 0 Å². The number of ether oxygens (including phenoxy) is 1. The van der Waals surface area contributed by atoms with Crippen molar-refractivity contribution in [3.63, 3.8) is 0 Å². The van der Waals surface area contributed by atoms with Crippen molar-refractivity contribution in [1.29, 1.82) is 0 Å². The quantitative estimate of drug-likeness (QED) is 0.392. The van der Waals surface area contributed by atoms with Crippen molar-refractivity contribution in [2.24, 2.45) is 5.16 Å². The molecule has 1 aromatic rings. The van der Waals surface area contributed by atoms with Gasteiger partial charge in [-0.3, -0.25) is 0 Å². The summed E-state index contributed by atoms with van der Waals surface area (Å²) in [6, 6.07) is 1.54. The van der Waals surface area contributed by atoms with Crippen molar-refractivity contribution >= 4 is 5.71 Å². The lowest BCUT2D eigenvalue weighted by molar-refractivity contribution is 0.313. The fourth-order valence-corrected chi connectivity index (χ4v) is 0.575. The highest BCUT2D eigenvalue weighted by Gasteiger charge is 2.06. The van der Waals surface area contributed by atoms with E-state index in [1.165, 1.54) is 13.2 Å². The van der Waals surface area contributed by atoms with Gasteiger partial charge >= 0.3 is 0 Å². The SMILES string of the molecule is COc1cc(/C(C)=N\O)on1.